The van der Waals surface area contributed by atoms with E-state index >= 15 is 0 Å². The topological polar surface area (TPSA) is 89.9 Å². The number of carbonyl (C=O) groups is 3. The first kappa shape index (κ1) is 45.0. The lowest BCUT2D eigenvalue weighted by molar-refractivity contribution is -0.151. The summed E-state index contributed by atoms with van der Waals surface area (Å²) in [7, 11) is 0. The summed E-state index contributed by atoms with van der Waals surface area (Å²) in [4.78, 5) is 35.6. The molecule has 2 unspecified atom stereocenters. The van der Waals surface area contributed by atoms with Crippen LogP contribution in [0.1, 0.15) is 201 Å². The largest absolute Gasteiger partial charge is 0.466 e. The van der Waals surface area contributed by atoms with E-state index in [2.05, 4.69) is 38.2 Å². The Kier molecular flexibility index (Phi) is 33.9. The molecule has 0 rings (SSSR count). The van der Waals surface area contributed by atoms with Crippen LogP contribution in [0.15, 0.2) is 24.3 Å². The normalized spacial score (nSPS) is 12.9. The number of esters is 2. The van der Waals surface area contributed by atoms with Gasteiger partial charge in [-0.25, -0.2) is 0 Å². The van der Waals surface area contributed by atoms with E-state index in [-0.39, 0.29) is 43.0 Å². The molecule has 0 radical (unpaired) electrons. The molecule has 0 spiro atoms. The zero-order valence-corrected chi connectivity index (χ0v) is 31.0. The van der Waals surface area contributed by atoms with Gasteiger partial charge in [-0.15, -0.1) is 0 Å². The summed E-state index contributed by atoms with van der Waals surface area (Å²) >= 11 is 0. The van der Waals surface area contributed by atoms with Crippen molar-refractivity contribution in [2.24, 2.45) is 0 Å². The van der Waals surface area contributed by atoms with Gasteiger partial charge >= 0.3 is 11.9 Å². The minimum absolute atomic E-state index is 0.0845. The van der Waals surface area contributed by atoms with Crippen molar-refractivity contribution in [3.05, 3.63) is 24.3 Å². The lowest BCUT2D eigenvalue weighted by Gasteiger charge is -2.16. The Morgan fingerprint density at radius 2 is 1.06 bits per heavy atom. The summed E-state index contributed by atoms with van der Waals surface area (Å²) in [5.74, 6) is -0.0931. The summed E-state index contributed by atoms with van der Waals surface area (Å²) < 4.78 is 11.2. The summed E-state index contributed by atoms with van der Waals surface area (Å²) in [6.45, 7) is 6.33. The van der Waals surface area contributed by atoms with Crippen molar-refractivity contribution in [1.82, 2.24) is 0 Å². The molecular weight excluding hydrogens is 588 g/mol. The van der Waals surface area contributed by atoms with E-state index in [1.165, 1.54) is 44.9 Å². The Morgan fingerprint density at radius 1 is 0.553 bits per heavy atom. The summed E-state index contributed by atoms with van der Waals surface area (Å²) in [5.41, 5.74) is 0. The molecule has 0 aromatic carbocycles. The molecule has 0 aliphatic rings. The van der Waals surface area contributed by atoms with Crippen LogP contribution in [0.5, 0.6) is 0 Å². The second-order valence-electron chi connectivity index (χ2n) is 13.5. The van der Waals surface area contributed by atoms with Gasteiger partial charge < -0.3 is 19.4 Å². The maximum atomic E-state index is 12.5. The van der Waals surface area contributed by atoms with E-state index < -0.39 is 0 Å². The maximum Gasteiger partial charge on any atom is 0.306 e. The lowest BCUT2D eigenvalue weighted by atomic mass is 10.1. The van der Waals surface area contributed by atoms with Gasteiger partial charge in [0.05, 0.1) is 12.7 Å². The predicted molar refractivity (Wildman–Crippen MR) is 196 cm³/mol. The van der Waals surface area contributed by atoms with Crippen LogP contribution >= 0.6 is 0 Å². The molecule has 0 amide bonds. The molecule has 0 fully saturated rings. The Morgan fingerprint density at radius 3 is 1.68 bits per heavy atom. The van der Waals surface area contributed by atoms with Crippen LogP contribution in [0.25, 0.3) is 0 Å². The quantitative estimate of drug-likeness (QED) is 0.0412. The predicted octanol–water partition coefficient (Wildman–Crippen LogP) is 11.5. The lowest BCUT2D eigenvalue weighted by Crippen LogP contribution is -2.18. The van der Waals surface area contributed by atoms with Gasteiger partial charge in [-0.05, 0) is 77.6 Å². The minimum Gasteiger partial charge on any atom is -0.466 e. The Labute approximate surface area is 289 Å². The molecule has 0 bridgehead atoms. The van der Waals surface area contributed by atoms with E-state index in [0.29, 0.717) is 19.3 Å². The fraction of sp³-hybridized carbons (Fsp3) is 0.829. The first-order valence-electron chi connectivity index (χ1n) is 19.7. The number of allylic oxidation sites excluding steroid dienone is 2. The molecule has 6 nitrogen and oxygen atoms in total. The summed E-state index contributed by atoms with van der Waals surface area (Å²) in [6.07, 6.45) is 36.1. The number of hydrogen-bond acceptors (Lipinski definition) is 6. The number of hydrogen-bond donors (Lipinski definition) is 1. The monoisotopic (exact) mass is 663 g/mol. The molecule has 0 aromatic rings. The number of aliphatic hydroxyl groups excluding tert-OH is 1. The van der Waals surface area contributed by atoms with Gasteiger partial charge in [-0.2, -0.15) is 0 Å². The van der Waals surface area contributed by atoms with Gasteiger partial charge in [-0.1, -0.05) is 122 Å². The molecule has 0 aromatic heterocycles. The Hall–Kier alpha value is -1.95. The van der Waals surface area contributed by atoms with Crippen LogP contribution in [0, 0.1) is 0 Å². The van der Waals surface area contributed by atoms with E-state index in [0.717, 1.165) is 109 Å². The summed E-state index contributed by atoms with van der Waals surface area (Å²) in [5, 5.41) is 10.0. The molecule has 6 heteroatoms. The smallest absolute Gasteiger partial charge is 0.306 e. The highest BCUT2D eigenvalue weighted by Crippen LogP contribution is 2.15. The average molecular weight is 663 g/mol. The van der Waals surface area contributed by atoms with Crippen molar-refractivity contribution in [3.63, 3.8) is 0 Å². The van der Waals surface area contributed by atoms with Crippen molar-refractivity contribution >= 4 is 17.7 Å². The van der Waals surface area contributed by atoms with E-state index in [1.807, 2.05) is 0 Å². The maximum absolute atomic E-state index is 12.5. The standard InChI is InChI=1S/C41H74O6/c1-4-6-8-23-30-38(43)31-24-19-15-11-13-17-21-27-34-40(44)46-36-28-35-41(45)47-39(32-25-9-7-5-2)33-26-20-16-12-10-14-18-22-29-37(3)42/h19-20,24,26,38-39,43H,4-18,21-23,25,27-36H2,1-3H3/b24-19-,26-20-. The van der Waals surface area contributed by atoms with Crippen LogP contribution in [0.2, 0.25) is 0 Å². The third kappa shape index (κ3) is 35.2. The summed E-state index contributed by atoms with van der Waals surface area (Å²) in [6, 6.07) is 0. The van der Waals surface area contributed by atoms with Gasteiger partial charge in [0.15, 0.2) is 0 Å². The third-order valence-corrected chi connectivity index (χ3v) is 8.65. The van der Waals surface area contributed by atoms with Gasteiger partial charge in [0.2, 0.25) is 0 Å². The average Bonchev–Trinajstić information content (AvgIpc) is 3.04. The molecule has 2 atom stereocenters. The number of ether oxygens (including phenoxy) is 2. The fourth-order valence-electron chi connectivity index (χ4n) is 5.63. The van der Waals surface area contributed by atoms with Crippen LogP contribution in [0.4, 0.5) is 0 Å². The van der Waals surface area contributed by atoms with Crippen molar-refractivity contribution in [1.29, 1.82) is 0 Å². The van der Waals surface area contributed by atoms with Crippen molar-refractivity contribution in [3.8, 4) is 0 Å². The zero-order chi connectivity index (χ0) is 34.6. The molecule has 0 heterocycles. The molecule has 0 aliphatic heterocycles. The Bertz CT molecular complexity index is 789. The van der Waals surface area contributed by atoms with Crippen molar-refractivity contribution < 1.29 is 29.0 Å². The first-order chi connectivity index (χ1) is 22.9. The molecule has 47 heavy (non-hydrogen) atoms. The van der Waals surface area contributed by atoms with Crippen LogP contribution < -0.4 is 0 Å². The zero-order valence-electron chi connectivity index (χ0n) is 31.0. The molecule has 1 N–H and O–H groups in total. The van der Waals surface area contributed by atoms with Crippen LogP contribution in [0.3, 0.4) is 0 Å². The van der Waals surface area contributed by atoms with Crippen molar-refractivity contribution in [2.75, 3.05) is 6.61 Å². The number of unbranched alkanes of at least 4 members (excludes halogenated alkanes) is 16. The van der Waals surface area contributed by atoms with Gasteiger partial charge in [0, 0.05) is 25.7 Å². The highest BCUT2D eigenvalue weighted by atomic mass is 16.5. The fourth-order valence-corrected chi connectivity index (χ4v) is 5.63. The van der Waals surface area contributed by atoms with Gasteiger partial charge in [-0.3, -0.25) is 9.59 Å². The molecule has 0 saturated carbocycles. The van der Waals surface area contributed by atoms with Crippen molar-refractivity contribution in [2.45, 2.75) is 213 Å². The highest BCUT2D eigenvalue weighted by Gasteiger charge is 2.13. The first-order valence-corrected chi connectivity index (χ1v) is 19.7. The highest BCUT2D eigenvalue weighted by molar-refractivity contribution is 5.75. The third-order valence-electron chi connectivity index (χ3n) is 8.65. The molecule has 274 valence electrons. The van der Waals surface area contributed by atoms with Crippen LogP contribution in [-0.2, 0) is 23.9 Å². The number of rotatable bonds is 35. The van der Waals surface area contributed by atoms with E-state index in [4.69, 9.17) is 9.47 Å². The second-order valence-corrected chi connectivity index (χ2v) is 13.5. The van der Waals surface area contributed by atoms with Gasteiger partial charge in [0.1, 0.15) is 11.9 Å². The second kappa shape index (κ2) is 35.4. The number of carbonyl (C=O) groups excluding carboxylic acids is 3. The van der Waals surface area contributed by atoms with Crippen LogP contribution in [-0.4, -0.2) is 41.6 Å². The van der Waals surface area contributed by atoms with E-state index in [9.17, 15) is 19.5 Å². The SMILES string of the molecule is CCCCCCC(O)C/C=C\CCCCCCCC(=O)OCCCC(=O)OC(C/C=C\CCCCCCCC(C)=O)CCCCCC. The Balaban J connectivity index is 3.94. The molecular formula is C41H74O6. The number of aliphatic hydroxyl groups is 1. The molecule has 0 aliphatic carbocycles. The minimum atomic E-state index is -0.200. The number of Topliss-reactive ketones (excluding diaryl/α,β-unsaturated/α-hetero) is 1. The number of ketones is 1. The van der Waals surface area contributed by atoms with Gasteiger partial charge in [0.25, 0.3) is 0 Å². The van der Waals surface area contributed by atoms with E-state index in [1.54, 1.807) is 6.92 Å². The molecule has 0 saturated heterocycles.